The average Bonchev–Trinajstić information content (AvgIpc) is 2.93. The summed E-state index contributed by atoms with van der Waals surface area (Å²) in [6.45, 7) is 0.527. The molecule has 0 aromatic heterocycles. The lowest BCUT2D eigenvalue weighted by Gasteiger charge is -2.18. The predicted octanol–water partition coefficient (Wildman–Crippen LogP) is 3.46. The van der Waals surface area contributed by atoms with E-state index in [4.69, 9.17) is 25.8 Å². The quantitative estimate of drug-likeness (QED) is 0.710. The number of hydrogen-bond donors (Lipinski definition) is 0. The van der Waals surface area contributed by atoms with E-state index in [1.165, 1.54) is 30.1 Å². The zero-order valence-corrected chi connectivity index (χ0v) is 16.0. The summed E-state index contributed by atoms with van der Waals surface area (Å²) in [6, 6.07) is 9.00. The molecular formula is C20H19ClFNO5. The Balaban J connectivity index is 1.58. The number of rotatable bonds is 5. The first-order valence-electron chi connectivity index (χ1n) is 8.69. The fourth-order valence-corrected chi connectivity index (χ4v) is 2.84. The number of hydrogen-bond acceptors (Lipinski definition) is 5. The molecule has 1 aliphatic heterocycles. The summed E-state index contributed by atoms with van der Waals surface area (Å²) in [7, 11) is 1.48. The second-order valence-electron chi connectivity index (χ2n) is 6.24. The summed E-state index contributed by atoms with van der Waals surface area (Å²) in [5.74, 6) is -0.629. The van der Waals surface area contributed by atoms with Crippen LogP contribution in [-0.4, -0.2) is 43.6 Å². The van der Waals surface area contributed by atoms with Crippen LogP contribution in [-0.2, 0) is 16.1 Å². The van der Waals surface area contributed by atoms with Gasteiger partial charge in [-0.15, -0.1) is 0 Å². The largest absolute Gasteiger partial charge is 0.490 e. The van der Waals surface area contributed by atoms with Crippen molar-refractivity contribution in [2.24, 2.45) is 0 Å². The molecule has 2 aromatic carbocycles. The van der Waals surface area contributed by atoms with E-state index in [0.717, 1.165) is 6.42 Å². The summed E-state index contributed by atoms with van der Waals surface area (Å²) in [5.41, 5.74) is 0.450. The summed E-state index contributed by atoms with van der Waals surface area (Å²) >= 11 is 5.97. The van der Waals surface area contributed by atoms with Gasteiger partial charge in [0.1, 0.15) is 5.82 Å². The third kappa shape index (κ3) is 4.72. The molecule has 1 amide bonds. The van der Waals surface area contributed by atoms with Crippen LogP contribution in [0.2, 0.25) is 5.02 Å². The number of likely N-dealkylation sites (N-methyl/N-ethyl adjacent to an activating group) is 1. The van der Waals surface area contributed by atoms with Gasteiger partial charge in [0, 0.05) is 30.6 Å². The second-order valence-corrected chi connectivity index (χ2v) is 6.65. The fraction of sp³-hybridized carbons (Fsp3) is 0.300. The maximum absolute atomic E-state index is 13.8. The normalized spacial score (nSPS) is 12.8. The number of ether oxygens (including phenoxy) is 3. The van der Waals surface area contributed by atoms with Gasteiger partial charge < -0.3 is 19.1 Å². The summed E-state index contributed by atoms with van der Waals surface area (Å²) < 4.78 is 30.0. The van der Waals surface area contributed by atoms with E-state index in [-0.39, 0.29) is 22.7 Å². The van der Waals surface area contributed by atoms with Crippen molar-refractivity contribution in [2.75, 3.05) is 26.9 Å². The molecule has 0 spiro atoms. The van der Waals surface area contributed by atoms with Crippen molar-refractivity contribution >= 4 is 23.5 Å². The highest BCUT2D eigenvalue weighted by Crippen LogP contribution is 2.30. The highest BCUT2D eigenvalue weighted by atomic mass is 35.5. The summed E-state index contributed by atoms with van der Waals surface area (Å²) in [5, 5.41) is 0.226. The number of nitrogens with zero attached hydrogens (tertiary/aromatic N) is 1. The Kier molecular flexibility index (Phi) is 6.36. The molecule has 0 saturated carbocycles. The molecular weight excluding hydrogens is 389 g/mol. The van der Waals surface area contributed by atoms with Crippen molar-refractivity contribution < 1.29 is 28.2 Å². The van der Waals surface area contributed by atoms with Gasteiger partial charge in [-0.1, -0.05) is 17.7 Å². The van der Waals surface area contributed by atoms with Crippen molar-refractivity contribution in [3.8, 4) is 11.5 Å². The van der Waals surface area contributed by atoms with E-state index in [2.05, 4.69) is 0 Å². The third-order valence-corrected chi connectivity index (χ3v) is 4.55. The van der Waals surface area contributed by atoms with E-state index in [0.29, 0.717) is 24.7 Å². The zero-order chi connectivity index (χ0) is 20.1. The molecule has 28 heavy (non-hydrogen) atoms. The number of amides is 1. The Morgan fingerprint density at radius 3 is 2.68 bits per heavy atom. The number of carbonyl (C=O) groups excluding carboxylic acids is 2. The van der Waals surface area contributed by atoms with Crippen molar-refractivity contribution in [3.63, 3.8) is 0 Å². The molecule has 1 heterocycles. The molecule has 0 atom stereocenters. The lowest BCUT2D eigenvalue weighted by atomic mass is 10.2. The molecule has 0 bridgehead atoms. The van der Waals surface area contributed by atoms with Gasteiger partial charge in [0.05, 0.1) is 18.8 Å². The molecule has 6 nitrogen and oxygen atoms in total. The minimum absolute atomic E-state index is 0.0358. The molecule has 0 radical (unpaired) electrons. The summed E-state index contributed by atoms with van der Waals surface area (Å²) in [6.07, 6.45) is 0.751. The highest BCUT2D eigenvalue weighted by molar-refractivity contribution is 6.31. The number of halogens is 2. The van der Waals surface area contributed by atoms with Crippen LogP contribution in [0, 0.1) is 5.82 Å². The van der Waals surface area contributed by atoms with Crippen LogP contribution >= 0.6 is 11.6 Å². The van der Waals surface area contributed by atoms with Crippen molar-refractivity contribution in [1.29, 1.82) is 0 Å². The van der Waals surface area contributed by atoms with E-state index in [1.807, 2.05) is 0 Å². The van der Waals surface area contributed by atoms with E-state index < -0.39 is 24.3 Å². The van der Waals surface area contributed by atoms with Gasteiger partial charge in [0.25, 0.3) is 5.91 Å². The van der Waals surface area contributed by atoms with E-state index >= 15 is 0 Å². The number of fused-ring (bicyclic) bond motifs is 1. The highest BCUT2D eigenvalue weighted by Gasteiger charge is 2.18. The summed E-state index contributed by atoms with van der Waals surface area (Å²) in [4.78, 5) is 25.7. The molecule has 0 aliphatic carbocycles. The van der Waals surface area contributed by atoms with Crippen LogP contribution in [0.3, 0.4) is 0 Å². The van der Waals surface area contributed by atoms with Crippen LogP contribution in [0.4, 0.5) is 4.39 Å². The zero-order valence-electron chi connectivity index (χ0n) is 15.2. The van der Waals surface area contributed by atoms with Gasteiger partial charge in [0.15, 0.2) is 18.1 Å². The first kappa shape index (κ1) is 19.9. The lowest BCUT2D eigenvalue weighted by molar-refractivity contribution is -0.133. The smallest absolute Gasteiger partial charge is 0.338 e. The predicted molar refractivity (Wildman–Crippen MR) is 100 cm³/mol. The van der Waals surface area contributed by atoms with Crippen molar-refractivity contribution in [3.05, 3.63) is 58.4 Å². The topological polar surface area (TPSA) is 65.1 Å². The minimum atomic E-state index is -0.665. The SMILES string of the molecule is CN(Cc1c(F)cccc1Cl)C(=O)COC(=O)c1ccc2c(c1)OCCCO2. The Hall–Kier alpha value is -2.80. The molecule has 3 rings (SSSR count). The monoisotopic (exact) mass is 407 g/mol. The molecule has 8 heteroatoms. The van der Waals surface area contributed by atoms with Gasteiger partial charge >= 0.3 is 5.97 Å². The van der Waals surface area contributed by atoms with Gasteiger partial charge in [-0.25, -0.2) is 9.18 Å². The standard InChI is InChI=1S/C20H19ClFNO5/c1-23(11-14-15(21)4-2-5-16(14)22)19(24)12-28-20(25)13-6-7-17-18(10-13)27-9-3-8-26-17/h2,4-7,10H,3,8-9,11-12H2,1H3. The fourth-order valence-electron chi connectivity index (χ4n) is 2.62. The molecule has 148 valence electrons. The van der Waals surface area contributed by atoms with Gasteiger partial charge in [-0.05, 0) is 30.3 Å². The van der Waals surface area contributed by atoms with E-state index in [1.54, 1.807) is 18.2 Å². The van der Waals surface area contributed by atoms with Crippen molar-refractivity contribution in [1.82, 2.24) is 4.90 Å². The molecule has 0 fully saturated rings. The number of carbonyl (C=O) groups is 2. The Bertz CT molecular complexity index is 869. The second kappa shape index (κ2) is 8.93. The lowest BCUT2D eigenvalue weighted by Crippen LogP contribution is -2.31. The average molecular weight is 408 g/mol. The van der Waals surface area contributed by atoms with E-state index in [9.17, 15) is 14.0 Å². The van der Waals surface area contributed by atoms with Crippen LogP contribution in [0.1, 0.15) is 22.3 Å². The molecule has 1 aliphatic rings. The Morgan fingerprint density at radius 2 is 1.93 bits per heavy atom. The van der Waals surface area contributed by atoms with Gasteiger partial charge in [-0.3, -0.25) is 4.79 Å². The molecule has 0 N–H and O–H groups in total. The van der Waals surface area contributed by atoms with Crippen LogP contribution in [0.25, 0.3) is 0 Å². The number of benzene rings is 2. The van der Waals surface area contributed by atoms with Crippen LogP contribution in [0.5, 0.6) is 11.5 Å². The minimum Gasteiger partial charge on any atom is -0.490 e. The van der Waals surface area contributed by atoms with Crippen LogP contribution in [0.15, 0.2) is 36.4 Å². The maximum atomic E-state index is 13.8. The molecule has 2 aromatic rings. The third-order valence-electron chi connectivity index (χ3n) is 4.19. The Morgan fingerprint density at radius 1 is 1.18 bits per heavy atom. The van der Waals surface area contributed by atoms with Crippen molar-refractivity contribution in [2.45, 2.75) is 13.0 Å². The van der Waals surface area contributed by atoms with Crippen LogP contribution < -0.4 is 9.47 Å². The first-order chi connectivity index (χ1) is 13.5. The van der Waals surface area contributed by atoms with Gasteiger partial charge in [0.2, 0.25) is 0 Å². The maximum Gasteiger partial charge on any atom is 0.338 e. The molecule has 0 unspecified atom stereocenters. The van der Waals surface area contributed by atoms with Gasteiger partial charge in [-0.2, -0.15) is 0 Å². The Labute approximate surface area is 166 Å². The first-order valence-corrected chi connectivity index (χ1v) is 9.07. The molecule has 0 saturated heterocycles. The number of esters is 1.